The normalized spacial score (nSPS) is 20.5. The molecule has 1 aromatic heterocycles. The molecule has 5 heteroatoms. The number of ether oxygens (including phenoxy) is 1. The van der Waals surface area contributed by atoms with Crippen LogP contribution < -0.4 is 5.73 Å². The Morgan fingerprint density at radius 1 is 1.63 bits per heavy atom. The van der Waals surface area contributed by atoms with Gasteiger partial charge in [0.1, 0.15) is 5.76 Å². The van der Waals surface area contributed by atoms with Gasteiger partial charge in [-0.25, -0.2) is 4.79 Å². The molecule has 5 nitrogen and oxygen atoms in total. The maximum absolute atomic E-state index is 11.5. The fourth-order valence-electron chi connectivity index (χ4n) is 2.63. The quantitative estimate of drug-likeness (QED) is 0.837. The van der Waals surface area contributed by atoms with Gasteiger partial charge in [-0.2, -0.15) is 0 Å². The third kappa shape index (κ3) is 3.36. The molecule has 1 fully saturated rings. The summed E-state index contributed by atoms with van der Waals surface area (Å²) in [5.41, 5.74) is 6.56. The van der Waals surface area contributed by atoms with E-state index in [1.54, 1.807) is 0 Å². The second-order valence-electron chi connectivity index (χ2n) is 5.20. The monoisotopic (exact) mass is 266 g/mol. The smallest absolute Gasteiger partial charge is 0.374 e. The van der Waals surface area contributed by atoms with Crippen molar-refractivity contribution in [3.63, 3.8) is 0 Å². The fourth-order valence-corrected chi connectivity index (χ4v) is 2.63. The number of nitrogens with zero attached hydrogens (tertiary/aromatic N) is 1. The highest BCUT2D eigenvalue weighted by molar-refractivity contribution is 5.87. The standard InChI is InChI=1S/C14H22N2O3/c1-10-6-12(19-13(10)14(17)18-2)9-16-5-3-4-11(7-15)8-16/h6,11H,3-5,7-9,15H2,1-2H3. The minimum atomic E-state index is -0.415. The Morgan fingerprint density at radius 3 is 3.11 bits per heavy atom. The summed E-state index contributed by atoms with van der Waals surface area (Å²) in [5.74, 6) is 1.28. The topological polar surface area (TPSA) is 68.7 Å². The van der Waals surface area contributed by atoms with Crippen molar-refractivity contribution in [1.29, 1.82) is 0 Å². The molecule has 2 rings (SSSR count). The zero-order valence-corrected chi connectivity index (χ0v) is 11.6. The van der Waals surface area contributed by atoms with E-state index in [4.69, 9.17) is 14.9 Å². The molecule has 0 bridgehead atoms. The van der Waals surface area contributed by atoms with Crippen molar-refractivity contribution in [2.75, 3.05) is 26.7 Å². The number of carbonyl (C=O) groups is 1. The van der Waals surface area contributed by atoms with Crippen LogP contribution in [0.3, 0.4) is 0 Å². The lowest BCUT2D eigenvalue weighted by molar-refractivity contribution is 0.0558. The molecule has 106 valence electrons. The van der Waals surface area contributed by atoms with Gasteiger partial charge < -0.3 is 14.9 Å². The maximum atomic E-state index is 11.5. The molecule has 1 aliphatic heterocycles. The van der Waals surface area contributed by atoms with Crippen LogP contribution in [-0.2, 0) is 11.3 Å². The summed E-state index contributed by atoms with van der Waals surface area (Å²) in [7, 11) is 1.36. The number of hydrogen-bond donors (Lipinski definition) is 1. The zero-order valence-electron chi connectivity index (χ0n) is 11.6. The largest absolute Gasteiger partial charge is 0.463 e. The molecule has 0 aliphatic carbocycles. The van der Waals surface area contributed by atoms with Crippen LogP contribution in [0.1, 0.15) is 34.7 Å². The van der Waals surface area contributed by atoms with Crippen LogP contribution in [0.25, 0.3) is 0 Å². The van der Waals surface area contributed by atoms with Gasteiger partial charge in [0.2, 0.25) is 5.76 Å². The lowest BCUT2D eigenvalue weighted by atomic mass is 9.98. The zero-order chi connectivity index (χ0) is 13.8. The number of hydrogen-bond acceptors (Lipinski definition) is 5. The molecule has 1 saturated heterocycles. The van der Waals surface area contributed by atoms with Crippen LogP contribution in [0.2, 0.25) is 0 Å². The van der Waals surface area contributed by atoms with Gasteiger partial charge in [-0.15, -0.1) is 0 Å². The van der Waals surface area contributed by atoms with Gasteiger partial charge in [0, 0.05) is 12.1 Å². The van der Waals surface area contributed by atoms with E-state index in [1.807, 2.05) is 13.0 Å². The summed E-state index contributed by atoms with van der Waals surface area (Å²) in [5, 5.41) is 0. The Hall–Kier alpha value is -1.33. The molecule has 2 N–H and O–H groups in total. The number of carbonyl (C=O) groups excluding carboxylic acids is 1. The third-order valence-corrected chi connectivity index (χ3v) is 3.66. The van der Waals surface area contributed by atoms with Crippen LogP contribution in [0.5, 0.6) is 0 Å². The predicted octanol–water partition coefficient (Wildman–Crippen LogP) is 1.55. The van der Waals surface area contributed by atoms with E-state index in [-0.39, 0.29) is 0 Å². The Balaban J connectivity index is 2.01. The molecule has 1 aliphatic rings. The molecule has 0 radical (unpaired) electrons. The summed E-state index contributed by atoms with van der Waals surface area (Å²) in [6, 6.07) is 1.91. The molecular formula is C14H22N2O3. The Labute approximate surface area is 113 Å². The van der Waals surface area contributed by atoms with Crippen molar-refractivity contribution in [3.8, 4) is 0 Å². The van der Waals surface area contributed by atoms with Gasteiger partial charge in [-0.1, -0.05) is 0 Å². The molecule has 1 atom stereocenters. The lowest BCUT2D eigenvalue weighted by Gasteiger charge is -2.31. The number of likely N-dealkylation sites (tertiary alicyclic amines) is 1. The molecule has 0 spiro atoms. The fraction of sp³-hybridized carbons (Fsp3) is 0.643. The number of esters is 1. The van der Waals surface area contributed by atoms with Gasteiger partial charge in [0.15, 0.2) is 0 Å². The first-order chi connectivity index (χ1) is 9.13. The SMILES string of the molecule is COC(=O)c1oc(CN2CCCC(CN)C2)cc1C. The second-order valence-corrected chi connectivity index (χ2v) is 5.20. The van der Waals surface area contributed by atoms with Gasteiger partial charge >= 0.3 is 5.97 Å². The lowest BCUT2D eigenvalue weighted by Crippen LogP contribution is -2.37. The van der Waals surface area contributed by atoms with Crippen LogP contribution in [-0.4, -0.2) is 37.6 Å². The van der Waals surface area contributed by atoms with Crippen molar-refractivity contribution in [2.24, 2.45) is 11.7 Å². The molecule has 1 aromatic rings. The van der Waals surface area contributed by atoms with Gasteiger partial charge in [-0.05, 0) is 44.8 Å². The first kappa shape index (κ1) is 14.1. The highest BCUT2D eigenvalue weighted by Crippen LogP contribution is 2.21. The molecule has 1 unspecified atom stereocenters. The minimum Gasteiger partial charge on any atom is -0.463 e. The van der Waals surface area contributed by atoms with Crippen molar-refractivity contribution in [1.82, 2.24) is 4.90 Å². The van der Waals surface area contributed by atoms with Gasteiger partial charge in [-0.3, -0.25) is 4.90 Å². The molecule has 0 aromatic carbocycles. The second kappa shape index (κ2) is 6.21. The third-order valence-electron chi connectivity index (χ3n) is 3.66. The highest BCUT2D eigenvalue weighted by Gasteiger charge is 2.21. The summed E-state index contributed by atoms with van der Waals surface area (Å²) < 4.78 is 10.3. The van der Waals surface area contributed by atoms with Crippen LogP contribution >= 0.6 is 0 Å². The summed E-state index contributed by atoms with van der Waals surface area (Å²) in [6.07, 6.45) is 2.38. The van der Waals surface area contributed by atoms with Gasteiger partial charge in [0.05, 0.1) is 13.7 Å². The van der Waals surface area contributed by atoms with E-state index >= 15 is 0 Å². The van der Waals surface area contributed by atoms with Gasteiger partial charge in [0.25, 0.3) is 0 Å². The van der Waals surface area contributed by atoms with E-state index in [1.165, 1.54) is 20.0 Å². The van der Waals surface area contributed by atoms with E-state index in [2.05, 4.69) is 4.90 Å². The first-order valence-corrected chi connectivity index (χ1v) is 6.74. The molecule has 0 saturated carbocycles. The number of piperidine rings is 1. The number of aryl methyl sites for hydroxylation is 1. The maximum Gasteiger partial charge on any atom is 0.374 e. The van der Waals surface area contributed by atoms with E-state index in [0.29, 0.717) is 11.7 Å². The summed E-state index contributed by atoms with van der Waals surface area (Å²) in [4.78, 5) is 13.8. The first-order valence-electron chi connectivity index (χ1n) is 6.74. The number of rotatable bonds is 4. The van der Waals surface area contributed by atoms with E-state index in [9.17, 15) is 4.79 Å². The molecular weight excluding hydrogens is 244 g/mol. The Kier molecular flexibility index (Phi) is 4.61. The Morgan fingerprint density at radius 2 is 2.42 bits per heavy atom. The number of methoxy groups -OCH3 is 1. The highest BCUT2D eigenvalue weighted by atomic mass is 16.5. The van der Waals surface area contributed by atoms with Crippen LogP contribution in [0.4, 0.5) is 0 Å². The predicted molar refractivity (Wildman–Crippen MR) is 71.8 cm³/mol. The summed E-state index contributed by atoms with van der Waals surface area (Å²) in [6.45, 7) is 5.39. The van der Waals surface area contributed by atoms with Crippen molar-refractivity contribution < 1.29 is 13.9 Å². The minimum absolute atomic E-state index is 0.310. The molecule has 2 heterocycles. The number of nitrogens with two attached hydrogens (primary N) is 1. The average Bonchev–Trinajstić information content (AvgIpc) is 2.79. The van der Waals surface area contributed by atoms with Crippen molar-refractivity contribution >= 4 is 5.97 Å². The van der Waals surface area contributed by atoms with Crippen molar-refractivity contribution in [2.45, 2.75) is 26.3 Å². The molecule has 0 amide bonds. The molecule has 19 heavy (non-hydrogen) atoms. The van der Waals surface area contributed by atoms with Crippen molar-refractivity contribution in [3.05, 3.63) is 23.2 Å². The van der Waals surface area contributed by atoms with E-state index < -0.39 is 5.97 Å². The van der Waals surface area contributed by atoms with E-state index in [0.717, 1.165) is 37.5 Å². The average molecular weight is 266 g/mol. The van der Waals surface area contributed by atoms with Crippen LogP contribution in [0.15, 0.2) is 10.5 Å². The Bertz CT molecular complexity index is 442. The van der Waals surface area contributed by atoms with Crippen LogP contribution in [0, 0.1) is 12.8 Å². The summed E-state index contributed by atoms with van der Waals surface area (Å²) >= 11 is 0. The number of furan rings is 1.